The zero-order valence-corrected chi connectivity index (χ0v) is 11.7. The highest BCUT2D eigenvalue weighted by Gasteiger charge is 2.28. The Labute approximate surface area is 121 Å². The number of rotatable bonds is 5. The van der Waals surface area contributed by atoms with Crippen molar-refractivity contribution in [2.45, 2.75) is 32.1 Å². The standard InChI is InChI=1S/C14H16F3N3O/c1-9(12-5-3-11(7-18)4-6-12)20-10(2)13(21)19-8-14(15,16)17/h3-6,9-10,20H,8H2,1-2H3,(H,19,21). The molecule has 7 heteroatoms. The molecule has 0 aliphatic heterocycles. The van der Waals surface area contributed by atoms with E-state index in [9.17, 15) is 18.0 Å². The Morgan fingerprint density at radius 2 is 1.86 bits per heavy atom. The number of carbonyl (C=O) groups is 1. The lowest BCUT2D eigenvalue weighted by atomic mass is 10.1. The summed E-state index contributed by atoms with van der Waals surface area (Å²) in [7, 11) is 0. The monoisotopic (exact) mass is 299 g/mol. The van der Waals surface area contributed by atoms with Crippen molar-refractivity contribution in [2.24, 2.45) is 0 Å². The lowest BCUT2D eigenvalue weighted by Crippen LogP contribution is -2.45. The number of benzene rings is 1. The predicted octanol–water partition coefficient (Wildman–Crippen LogP) is 2.28. The zero-order chi connectivity index (χ0) is 16.0. The van der Waals surface area contributed by atoms with Crippen LogP contribution in [-0.2, 0) is 4.79 Å². The third-order valence-corrected chi connectivity index (χ3v) is 2.90. The molecule has 1 amide bonds. The molecule has 0 aliphatic carbocycles. The molecule has 21 heavy (non-hydrogen) atoms. The van der Waals surface area contributed by atoms with Gasteiger partial charge in [-0.05, 0) is 31.5 Å². The van der Waals surface area contributed by atoms with Crippen LogP contribution >= 0.6 is 0 Å². The Morgan fingerprint density at radius 1 is 1.29 bits per heavy atom. The molecule has 4 nitrogen and oxygen atoms in total. The van der Waals surface area contributed by atoms with Crippen LogP contribution in [0.5, 0.6) is 0 Å². The van der Waals surface area contributed by atoms with Gasteiger partial charge in [-0.1, -0.05) is 12.1 Å². The molecule has 0 saturated heterocycles. The minimum Gasteiger partial charge on any atom is -0.346 e. The Balaban J connectivity index is 2.54. The highest BCUT2D eigenvalue weighted by molar-refractivity contribution is 5.81. The molecule has 2 atom stereocenters. The van der Waals surface area contributed by atoms with Crippen LogP contribution in [0.4, 0.5) is 13.2 Å². The van der Waals surface area contributed by atoms with Crippen LogP contribution in [0, 0.1) is 11.3 Å². The summed E-state index contributed by atoms with van der Waals surface area (Å²) < 4.78 is 36.1. The lowest BCUT2D eigenvalue weighted by Gasteiger charge is -2.20. The number of amides is 1. The summed E-state index contributed by atoms with van der Waals surface area (Å²) in [5.74, 6) is -0.715. The predicted molar refractivity (Wildman–Crippen MR) is 71.2 cm³/mol. The van der Waals surface area contributed by atoms with Crippen molar-refractivity contribution in [1.82, 2.24) is 10.6 Å². The van der Waals surface area contributed by atoms with Crippen molar-refractivity contribution in [1.29, 1.82) is 5.26 Å². The lowest BCUT2D eigenvalue weighted by molar-refractivity contribution is -0.139. The second-order valence-electron chi connectivity index (χ2n) is 4.68. The van der Waals surface area contributed by atoms with Gasteiger partial charge in [0.05, 0.1) is 17.7 Å². The van der Waals surface area contributed by atoms with E-state index in [1.165, 1.54) is 6.92 Å². The molecule has 0 bridgehead atoms. The first kappa shape index (κ1) is 17.0. The van der Waals surface area contributed by atoms with Crippen LogP contribution in [0.2, 0.25) is 0 Å². The molecule has 2 unspecified atom stereocenters. The molecule has 0 aromatic heterocycles. The average Bonchev–Trinajstić information content (AvgIpc) is 2.43. The van der Waals surface area contributed by atoms with Gasteiger partial charge in [0.1, 0.15) is 6.54 Å². The van der Waals surface area contributed by atoms with Crippen LogP contribution in [0.25, 0.3) is 0 Å². The van der Waals surface area contributed by atoms with E-state index < -0.39 is 24.7 Å². The third-order valence-electron chi connectivity index (χ3n) is 2.90. The SMILES string of the molecule is CC(NC(C)c1ccc(C#N)cc1)C(=O)NCC(F)(F)F. The summed E-state index contributed by atoms with van der Waals surface area (Å²) in [5, 5.41) is 13.4. The van der Waals surface area contributed by atoms with Crippen molar-refractivity contribution < 1.29 is 18.0 Å². The minimum absolute atomic E-state index is 0.232. The number of nitrogens with one attached hydrogen (secondary N) is 2. The Morgan fingerprint density at radius 3 is 2.33 bits per heavy atom. The van der Waals surface area contributed by atoms with Crippen LogP contribution in [-0.4, -0.2) is 24.7 Å². The van der Waals surface area contributed by atoms with Crippen LogP contribution in [0.1, 0.15) is 31.0 Å². The van der Waals surface area contributed by atoms with Gasteiger partial charge in [0.25, 0.3) is 0 Å². The molecule has 1 aromatic rings. The second-order valence-corrected chi connectivity index (χ2v) is 4.68. The van der Waals surface area contributed by atoms with Crippen molar-refractivity contribution >= 4 is 5.91 Å². The first-order valence-electron chi connectivity index (χ1n) is 6.33. The normalized spacial score (nSPS) is 14.1. The zero-order valence-electron chi connectivity index (χ0n) is 11.7. The Hall–Kier alpha value is -2.07. The van der Waals surface area contributed by atoms with Gasteiger partial charge in [0.15, 0.2) is 0 Å². The molecule has 114 valence electrons. The van der Waals surface area contributed by atoms with E-state index in [0.717, 1.165) is 5.56 Å². The van der Waals surface area contributed by atoms with E-state index in [0.29, 0.717) is 5.56 Å². The molecule has 1 aromatic carbocycles. The van der Waals surface area contributed by atoms with Crippen molar-refractivity contribution in [3.63, 3.8) is 0 Å². The van der Waals surface area contributed by atoms with Crippen LogP contribution in [0.3, 0.4) is 0 Å². The molecule has 0 saturated carbocycles. The van der Waals surface area contributed by atoms with E-state index in [2.05, 4.69) is 5.32 Å². The van der Waals surface area contributed by atoms with Gasteiger partial charge in [-0.3, -0.25) is 10.1 Å². The first-order valence-corrected chi connectivity index (χ1v) is 6.33. The van der Waals surface area contributed by atoms with Gasteiger partial charge in [-0.15, -0.1) is 0 Å². The van der Waals surface area contributed by atoms with E-state index in [-0.39, 0.29) is 6.04 Å². The van der Waals surface area contributed by atoms with E-state index in [1.54, 1.807) is 31.2 Å². The van der Waals surface area contributed by atoms with Gasteiger partial charge in [-0.25, -0.2) is 0 Å². The fourth-order valence-corrected chi connectivity index (χ4v) is 1.73. The summed E-state index contributed by atoms with van der Waals surface area (Å²) in [6.07, 6.45) is -4.42. The number of hydrogen-bond acceptors (Lipinski definition) is 3. The maximum absolute atomic E-state index is 12.0. The van der Waals surface area contributed by atoms with Crippen molar-refractivity contribution in [2.75, 3.05) is 6.54 Å². The van der Waals surface area contributed by atoms with Gasteiger partial charge in [0, 0.05) is 6.04 Å². The maximum atomic E-state index is 12.0. The second kappa shape index (κ2) is 7.09. The molecular formula is C14H16F3N3O. The highest BCUT2D eigenvalue weighted by atomic mass is 19.4. The third kappa shape index (κ3) is 5.83. The van der Waals surface area contributed by atoms with E-state index >= 15 is 0 Å². The van der Waals surface area contributed by atoms with Gasteiger partial charge in [0.2, 0.25) is 5.91 Å². The number of halogens is 3. The van der Waals surface area contributed by atoms with Crippen molar-refractivity contribution in [3.8, 4) is 6.07 Å². The summed E-state index contributed by atoms with van der Waals surface area (Å²) in [6.45, 7) is 1.93. The fraction of sp³-hybridized carbons (Fsp3) is 0.429. The topological polar surface area (TPSA) is 64.9 Å². The van der Waals surface area contributed by atoms with E-state index in [1.807, 2.05) is 11.4 Å². The van der Waals surface area contributed by atoms with Crippen molar-refractivity contribution in [3.05, 3.63) is 35.4 Å². The number of alkyl halides is 3. The number of nitriles is 1. The molecular weight excluding hydrogens is 283 g/mol. The Kier molecular flexibility index (Phi) is 5.73. The minimum atomic E-state index is -4.42. The number of carbonyl (C=O) groups excluding carboxylic acids is 1. The maximum Gasteiger partial charge on any atom is 0.405 e. The number of hydrogen-bond donors (Lipinski definition) is 2. The Bertz CT molecular complexity index is 520. The van der Waals surface area contributed by atoms with Crippen LogP contribution < -0.4 is 10.6 Å². The van der Waals surface area contributed by atoms with Crippen LogP contribution in [0.15, 0.2) is 24.3 Å². The first-order chi connectivity index (χ1) is 9.73. The molecule has 2 N–H and O–H groups in total. The quantitative estimate of drug-likeness (QED) is 0.876. The summed E-state index contributed by atoms with van der Waals surface area (Å²) in [4.78, 5) is 11.5. The largest absolute Gasteiger partial charge is 0.405 e. The number of nitrogens with zero attached hydrogens (tertiary/aromatic N) is 1. The van der Waals surface area contributed by atoms with Gasteiger partial charge in [-0.2, -0.15) is 18.4 Å². The molecule has 0 aliphatic rings. The van der Waals surface area contributed by atoms with Gasteiger partial charge >= 0.3 is 6.18 Å². The summed E-state index contributed by atoms with van der Waals surface area (Å²) in [5.41, 5.74) is 1.35. The fourth-order valence-electron chi connectivity index (χ4n) is 1.73. The average molecular weight is 299 g/mol. The smallest absolute Gasteiger partial charge is 0.346 e. The summed E-state index contributed by atoms with van der Waals surface area (Å²) >= 11 is 0. The molecule has 0 radical (unpaired) electrons. The van der Waals surface area contributed by atoms with Gasteiger partial charge < -0.3 is 5.32 Å². The molecule has 0 spiro atoms. The van der Waals surface area contributed by atoms with E-state index in [4.69, 9.17) is 5.26 Å². The summed E-state index contributed by atoms with van der Waals surface area (Å²) in [6, 6.07) is 7.74. The molecule has 0 heterocycles. The highest BCUT2D eigenvalue weighted by Crippen LogP contribution is 2.14. The molecule has 0 fully saturated rings. The molecule has 1 rings (SSSR count).